The first-order chi connectivity index (χ1) is 17.3. The molecule has 190 valence electrons. The molecular formula is C23H29N9O2S2. The van der Waals surface area contributed by atoms with Crippen LogP contribution in [0.5, 0.6) is 0 Å². The van der Waals surface area contributed by atoms with Crippen LogP contribution in [0.25, 0.3) is 10.2 Å². The third-order valence-electron chi connectivity index (χ3n) is 7.62. The van der Waals surface area contributed by atoms with Gasteiger partial charge in [0.1, 0.15) is 10.6 Å². The minimum absolute atomic E-state index is 0.118. The zero-order valence-electron chi connectivity index (χ0n) is 20.2. The highest BCUT2D eigenvalue weighted by Crippen LogP contribution is 2.36. The quantitative estimate of drug-likeness (QED) is 0.440. The van der Waals surface area contributed by atoms with Crippen LogP contribution in [-0.2, 0) is 10.0 Å². The molecule has 3 saturated heterocycles. The van der Waals surface area contributed by atoms with Gasteiger partial charge in [-0.2, -0.15) is 19.6 Å². The van der Waals surface area contributed by atoms with Gasteiger partial charge in [-0.1, -0.05) is 0 Å². The number of piperidine rings is 2. The third kappa shape index (κ3) is 4.21. The van der Waals surface area contributed by atoms with Gasteiger partial charge in [-0.25, -0.2) is 13.4 Å². The largest absolute Gasteiger partial charge is 0.341 e. The number of H-pyrrole nitrogens is 1. The summed E-state index contributed by atoms with van der Waals surface area (Å²) in [5.41, 5.74) is 0.964. The van der Waals surface area contributed by atoms with Crippen molar-refractivity contribution < 1.29 is 8.42 Å². The second-order valence-corrected chi connectivity index (χ2v) is 13.3. The van der Waals surface area contributed by atoms with Crippen LogP contribution in [0.1, 0.15) is 31.4 Å². The normalized spacial score (nSPS) is 26.9. The van der Waals surface area contributed by atoms with Crippen molar-refractivity contribution in [3.8, 4) is 6.07 Å². The van der Waals surface area contributed by atoms with Gasteiger partial charge in [0, 0.05) is 50.0 Å². The van der Waals surface area contributed by atoms with E-state index in [1.165, 1.54) is 4.31 Å². The number of aromatic amines is 1. The molecule has 3 fully saturated rings. The average Bonchev–Trinajstić information content (AvgIpc) is 3.45. The molecule has 3 aromatic heterocycles. The summed E-state index contributed by atoms with van der Waals surface area (Å²) in [6.07, 6.45) is 2.83. The Hall–Kier alpha value is -2.79. The number of nitriles is 1. The maximum atomic E-state index is 13.1. The number of nitrogens with zero attached hydrogens (tertiary/aromatic N) is 6. The van der Waals surface area contributed by atoms with Crippen LogP contribution in [0.4, 0.5) is 17.6 Å². The lowest BCUT2D eigenvalue weighted by atomic mass is 9.83. The van der Waals surface area contributed by atoms with E-state index >= 15 is 0 Å². The van der Waals surface area contributed by atoms with Gasteiger partial charge in [0.25, 0.3) is 0 Å². The van der Waals surface area contributed by atoms with Crippen LogP contribution < -0.4 is 15.5 Å². The first-order valence-electron chi connectivity index (χ1n) is 12.2. The number of anilines is 3. The van der Waals surface area contributed by atoms with Gasteiger partial charge < -0.3 is 15.5 Å². The molecule has 0 saturated carbocycles. The first-order valence-corrected chi connectivity index (χ1v) is 14.6. The molecule has 6 heterocycles. The molecule has 0 aromatic carbocycles. The van der Waals surface area contributed by atoms with E-state index in [4.69, 9.17) is 15.2 Å². The Bertz CT molecular complexity index is 1410. The number of fused-ring (bicyclic) bond motifs is 3. The summed E-state index contributed by atoms with van der Waals surface area (Å²) in [4.78, 5) is 12.8. The summed E-state index contributed by atoms with van der Waals surface area (Å²) in [5, 5.41) is 25.8. The van der Waals surface area contributed by atoms with E-state index in [-0.39, 0.29) is 29.3 Å². The number of sulfonamides is 1. The Morgan fingerprint density at radius 2 is 1.97 bits per heavy atom. The van der Waals surface area contributed by atoms with Gasteiger partial charge in [-0.05, 0) is 44.1 Å². The van der Waals surface area contributed by atoms with Crippen molar-refractivity contribution in [1.29, 1.82) is 5.26 Å². The number of hydrogen-bond acceptors (Lipinski definition) is 10. The lowest BCUT2D eigenvalue weighted by Gasteiger charge is -2.47. The van der Waals surface area contributed by atoms with Crippen molar-refractivity contribution in [2.24, 2.45) is 5.92 Å². The molecule has 4 atom stereocenters. The van der Waals surface area contributed by atoms with Crippen molar-refractivity contribution in [3.05, 3.63) is 23.2 Å². The van der Waals surface area contributed by atoms with Crippen LogP contribution in [0, 0.1) is 24.2 Å². The fraction of sp³-hybridized carbons (Fsp3) is 0.565. The standard InChI is InChI=1S/C23H29N9O2S2/c1-13-5-20(30-29-13)26-21-19-3-4-35-22(19)28-23(27-21)31(2)17-6-15-8-18(9-16(7-17)25-15)36(33,34)32-11-14(10-24)12-32/h3-5,14-18,25H,6-9,11-12H2,1-2H3,(H2,26,27,28,29,30)/t15-,16+,17+,18?. The van der Waals surface area contributed by atoms with Crippen LogP contribution in [0.15, 0.2) is 17.5 Å². The second kappa shape index (κ2) is 8.95. The minimum atomic E-state index is -3.36. The Morgan fingerprint density at radius 3 is 2.64 bits per heavy atom. The zero-order valence-corrected chi connectivity index (χ0v) is 21.8. The average molecular weight is 528 g/mol. The molecule has 1 unspecified atom stereocenters. The third-order valence-corrected chi connectivity index (χ3v) is 10.7. The lowest BCUT2D eigenvalue weighted by molar-refractivity contribution is 0.204. The number of aromatic nitrogens is 4. The Morgan fingerprint density at radius 1 is 1.22 bits per heavy atom. The van der Waals surface area contributed by atoms with Crippen LogP contribution in [0.2, 0.25) is 0 Å². The molecule has 0 spiro atoms. The summed E-state index contributed by atoms with van der Waals surface area (Å²) in [7, 11) is -1.34. The first kappa shape index (κ1) is 23.6. The van der Waals surface area contributed by atoms with Gasteiger partial charge in [0.15, 0.2) is 5.82 Å². The molecule has 0 amide bonds. The van der Waals surface area contributed by atoms with Gasteiger partial charge in [0.05, 0.1) is 22.6 Å². The van der Waals surface area contributed by atoms with E-state index in [1.807, 2.05) is 31.5 Å². The molecule has 36 heavy (non-hydrogen) atoms. The van der Waals surface area contributed by atoms with Crippen molar-refractivity contribution in [3.63, 3.8) is 0 Å². The molecule has 6 rings (SSSR count). The van der Waals surface area contributed by atoms with Crippen molar-refractivity contribution in [1.82, 2.24) is 29.8 Å². The highest BCUT2D eigenvalue weighted by atomic mass is 32.2. The number of rotatable bonds is 6. The fourth-order valence-electron chi connectivity index (χ4n) is 5.64. The van der Waals surface area contributed by atoms with E-state index in [0.717, 1.165) is 34.6 Å². The van der Waals surface area contributed by atoms with Gasteiger partial charge in [-0.3, -0.25) is 5.10 Å². The monoisotopic (exact) mass is 527 g/mol. The summed E-state index contributed by atoms with van der Waals surface area (Å²) >= 11 is 1.58. The van der Waals surface area contributed by atoms with Crippen molar-refractivity contribution in [2.45, 2.75) is 56.0 Å². The summed E-state index contributed by atoms with van der Waals surface area (Å²) in [6, 6.07) is 6.55. The predicted molar refractivity (Wildman–Crippen MR) is 139 cm³/mol. The molecule has 11 nitrogen and oxygen atoms in total. The molecule has 13 heteroatoms. The Kier molecular flexibility index (Phi) is 5.87. The van der Waals surface area contributed by atoms with E-state index < -0.39 is 10.0 Å². The fourth-order valence-corrected chi connectivity index (χ4v) is 8.55. The molecule has 3 aliphatic heterocycles. The van der Waals surface area contributed by atoms with Crippen molar-refractivity contribution in [2.75, 3.05) is 30.4 Å². The number of thiophene rings is 1. The van der Waals surface area contributed by atoms with Crippen LogP contribution in [0.3, 0.4) is 0 Å². The molecule has 0 aliphatic carbocycles. The summed E-state index contributed by atoms with van der Waals surface area (Å²) in [5.74, 6) is 1.91. The molecular weight excluding hydrogens is 498 g/mol. The zero-order chi connectivity index (χ0) is 25.0. The van der Waals surface area contributed by atoms with E-state index in [9.17, 15) is 8.42 Å². The van der Waals surface area contributed by atoms with E-state index in [2.05, 4.69) is 31.8 Å². The predicted octanol–water partition coefficient (Wildman–Crippen LogP) is 2.34. The lowest BCUT2D eigenvalue weighted by Crippen LogP contribution is -2.61. The Labute approximate surface area is 214 Å². The smallest absolute Gasteiger partial charge is 0.228 e. The highest BCUT2D eigenvalue weighted by Gasteiger charge is 2.46. The number of aryl methyl sites for hydroxylation is 1. The van der Waals surface area contributed by atoms with Crippen LogP contribution in [-0.4, -0.2) is 76.4 Å². The van der Waals surface area contributed by atoms with E-state index in [1.54, 1.807) is 11.3 Å². The summed E-state index contributed by atoms with van der Waals surface area (Å²) in [6.45, 7) is 2.62. The molecule has 3 N–H and O–H groups in total. The van der Waals surface area contributed by atoms with Gasteiger partial charge in [0.2, 0.25) is 16.0 Å². The topological polar surface area (TPSA) is 143 Å². The highest BCUT2D eigenvalue weighted by molar-refractivity contribution is 7.89. The van der Waals surface area contributed by atoms with Crippen molar-refractivity contribution >= 4 is 49.2 Å². The Balaban J connectivity index is 1.18. The molecule has 3 aromatic rings. The number of nitrogens with one attached hydrogen (secondary N) is 3. The maximum Gasteiger partial charge on any atom is 0.228 e. The molecule has 0 radical (unpaired) electrons. The maximum absolute atomic E-state index is 13.1. The SMILES string of the molecule is Cc1cc(Nc2nc(N(C)[C@@H]3C[C@H]4CC(S(=O)(=O)N5CC(C#N)C5)C[C@@H](C3)N4)nc3sccc23)n[nH]1. The number of hydrogen-bond donors (Lipinski definition) is 3. The van der Waals surface area contributed by atoms with Crippen LogP contribution >= 0.6 is 11.3 Å². The minimum Gasteiger partial charge on any atom is -0.341 e. The summed E-state index contributed by atoms with van der Waals surface area (Å²) < 4.78 is 27.8. The molecule has 2 bridgehead atoms. The van der Waals surface area contributed by atoms with Gasteiger partial charge in [-0.15, -0.1) is 11.3 Å². The van der Waals surface area contributed by atoms with Gasteiger partial charge >= 0.3 is 0 Å². The molecule has 3 aliphatic rings. The second-order valence-electron chi connectivity index (χ2n) is 10.2. The van der Waals surface area contributed by atoms with E-state index in [0.29, 0.717) is 37.7 Å².